The maximum absolute atomic E-state index is 5.42. The molecule has 0 saturated carbocycles. The maximum atomic E-state index is 5.42. The predicted octanol–water partition coefficient (Wildman–Crippen LogP) is 0.919. The molecule has 0 bridgehead atoms. The number of ether oxygens (including phenoxy) is 1. The van der Waals surface area contributed by atoms with E-state index in [-0.39, 0.29) is 0 Å². The summed E-state index contributed by atoms with van der Waals surface area (Å²) in [4.78, 5) is 11.1. The first kappa shape index (κ1) is 11.7. The van der Waals surface area contributed by atoms with Gasteiger partial charge in [-0.2, -0.15) is 4.98 Å². The summed E-state index contributed by atoms with van der Waals surface area (Å²) >= 11 is 0. The molecular formula is C13H20N4O. The van der Waals surface area contributed by atoms with Crippen LogP contribution >= 0.6 is 0 Å². The largest absolute Gasteiger partial charge is 0.477 e. The van der Waals surface area contributed by atoms with Gasteiger partial charge in [-0.15, -0.1) is 0 Å². The van der Waals surface area contributed by atoms with Crippen molar-refractivity contribution in [2.75, 3.05) is 31.1 Å². The highest BCUT2D eigenvalue weighted by atomic mass is 16.5. The average molecular weight is 248 g/mol. The van der Waals surface area contributed by atoms with Crippen LogP contribution in [-0.4, -0.2) is 42.3 Å². The van der Waals surface area contributed by atoms with E-state index in [4.69, 9.17) is 4.74 Å². The van der Waals surface area contributed by atoms with Crippen molar-refractivity contribution in [2.45, 2.75) is 19.9 Å². The molecule has 98 valence electrons. The van der Waals surface area contributed by atoms with Crippen molar-refractivity contribution in [1.29, 1.82) is 0 Å². The number of hydrogen-bond acceptors (Lipinski definition) is 5. The zero-order chi connectivity index (χ0) is 12.5. The molecule has 2 aliphatic heterocycles. The lowest BCUT2D eigenvalue weighted by Gasteiger charge is -2.25. The normalized spacial score (nSPS) is 30.6. The molecule has 0 aliphatic carbocycles. The van der Waals surface area contributed by atoms with E-state index in [1.807, 2.05) is 13.1 Å². The third-order valence-electron chi connectivity index (χ3n) is 4.12. The number of hydrogen-bond donors (Lipinski definition) is 1. The predicted molar refractivity (Wildman–Crippen MR) is 69.9 cm³/mol. The van der Waals surface area contributed by atoms with E-state index < -0.39 is 0 Å². The summed E-state index contributed by atoms with van der Waals surface area (Å²) < 4.78 is 5.42. The molecule has 0 spiro atoms. The Morgan fingerprint density at radius 1 is 1.44 bits per heavy atom. The lowest BCUT2D eigenvalue weighted by atomic mass is 9.95. The number of rotatable bonds is 3. The van der Waals surface area contributed by atoms with Crippen molar-refractivity contribution in [3.63, 3.8) is 0 Å². The Morgan fingerprint density at radius 3 is 3.11 bits per heavy atom. The quantitative estimate of drug-likeness (QED) is 0.862. The molecule has 3 unspecified atom stereocenters. The highest BCUT2D eigenvalue weighted by Gasteiger charge is 2.42. The minimum absolute atomic E-state index is 0.524. The lowest BCUT2D eigenvalue weighted by molar-refractivity contribution is 0.325. The molecule has 0 radical (unpaired) electrons. The minimum Gasteiger partial charge on any atom is -0.477 e. The first-order chi connectivity index (χ1) is 8.79. The Balaban J connectivity index is 1.80. The van der Waals surface area contributed by atoms with Gasteiger partial charge in [0, 0.05) is 25.7 Å². The van der Waals surface area contributed by atoms with Gasteiger partial charge >= 0.3 is 0 Å². The number of nitrogens with one attached hydrogen (secondary N) is 1. The monoisotopic (exact) mass is 248 g/mol. The van der Waals surface area contributed by atoms with E-state index in [0.717, 1.165) is 37.3 Å². The summed E-state index contributed by atoms with van der Waals surface area (Å²) in [6.07, 6.45) is 3.52. The highest BCUT2D eigenvalue weighted by Crippen LogP contribution is 2.35. The van der Waals surface area contributed by atoms with Crippen LogP contribution in [0.2, 0.25) is 0 Å². The lowest BCUT2D eigenvalue weighted by Crippen LogP contribution is -2.33. The summed E-state index contributed by atoms with van der Waals surface area (Å²) in [5, 5.41) is 3.47. The molecule has 5 heteroatoms. The molecule has 2 aliphatic rings. The molecule has 1 aromatic rings. The van der Waals surface area contributed by atoms with Crippen LogP contribution in [0.1, 0.15) is 13.8 Å². The smallest absolute Gasteiger partial charge is 0.234 e. The van der Waals surface area contributed by atoms with Gasteiger partial charge in [0.1, 0.15) is 0 Å². The number of anilines is 1. The van der Waals surface area contributed by atoms with Gasteiger partial charge in [0.2, 0.25) is 5.88 Å². The van der Waals surface area contributed by atoms with Gasteiger partial charge in [0.25, 0.3) is 0 Å². The van der Waals surface area contributed by atoms with Crippen LogP contribution in [0, 0.1) is 11.8 Å². The summed E-state index contributed by atoms with van der Waals surface area (Å²) in [6, 6.07) is 0.524. The SMILES string of the molecule is CCOc1cncc(N2CC3CNCC3C2C)n1. The van der Waals surface area contributed by atoms with E-state index in [1.165, 1.54) is 0 Å². The van der Waals surface area contributed by atoms with Crippen LogP contribution in [-0.2, 0) is 0 Å². The third-order valence-corrected chi connectivity index (χ3v) is 4.12. The molecule has 3 rings (SSSR count). The topological polar surface area (TPSA) is 50.3 Å². The second kappa shape index (κ2) is 4.72. The van der Waals surface area contributed by atoms with Crippen LogP contribution < -0.4 is 15.0 Å². The Labute approximate surface area is 108 Å². The van der Waals surface area contributed by atoms with Crippen LogP contribution in [0.3, 0.4) is 0 Å². The highest BCUT2D eigenvalue weighted by molar-refractivity contribution is 5.41. The van der Waals surface area contributed by atoms with Crippen molar-refractivity contribution < 1.29 is 4.74 Å². The number of fused-ring (bicyclic) bond motifs is 1. The number of nitrogens with zero attached hydrogens (tertiary/aromatic N) is 3. The van der Waals surface area contributed by atoms with Crippen molar-refractivity contribution >= 4 is 5.82 Å². The minimum atomic E-state index is 0.524. The van der Waals surface area contributed by atoms with Gasteiger partial charge < -0.3 is 15.0 Å². The molecule has 1 N–H and O–H groups in total. The molecular weight excluding hydrogens is 228 g/mol. The van der Waals surface area contributed by atoms with E-state index in [2.05, 4.69) is 27.1 Å². The van der Waals surface area contributed by atoms with Gasteiger partial charge in [-0.3, -0.25) is 4.98 Å². The van der Waals surface area contributed by atoms with Crippen molar-refractivity contribution in [2.24, 2.45) is 11.8 Å². The first-order valence-electron chi connectivity index (χ1n) is 6.71. The summed E-state index contributed by atoms with van der Waals surface area (Å²) in [7, 11) is 0. The van der Waals surface area contributed by atoms with Gasteiger partial charge in [-0.05, 0) is 25.7 Å². The fourth-order valence-electron chi connectivity index (χ4n) is 3.16. The first-order valence-corrected chi connectivity index (χ1v) is 6.71. The Bertz CT molecular complexity index is 425. The Kier molecular flexibility index (Phi) is 3.07. The second-order valence-corrected chi connectivity index (χ2v) is 5.12. The summed E-state index contributed by atoms with van der Waals surface area (Å²) in [5.74, 6) is 3.06. The Hall–Kier alpha value is -1.36. The van der Waals surface area contributed by atoms with E-state index >= 15 is 0 Å². The fraction of sp³-hybridized carbons (Fsp3) is 0.692. The van der Waals surface area contributed by atoms with E-state index in [9.17, 15) is 0 Å². The summed E-state index contributed by atoms with van der Waals surface area (Å²) in [5.41, 5.74) is 0. The molecule has 2 fully saturated rings. The Morgan fingerprint density at radius 2 is 2.33 bits per heavy atom. The van der Waals surface area contributed by atoms with Crippen molar-refractivity contribution in [3.05, 3.63) is 12.4 Å². The van der Waals surface area contributed by atoms with Crippen molar-refractivity contribution in [3.8, 4) is 5.88 Å². The van der Waals surface area contributed by atoms with E-state index in [1.54, 1.807) is 6.20 Å². The number of aromatic nitrogens is 2. The van der Waals surface area contributed by atoms with Crippen LogP contribution in [0.15, 0.2) is 12.4 Å². The molecule has 0 aromatic carbocycles. The van der Waals surface area contributed by atoms with Crippen LogP contribution in [0.5, 0.6) is 5.88 Å². The van der Waals surface area contributed by atoms with Gasteiger partial charge in [0.05, 0.1) is 19.0 Å². The van der Waals surface area contributed by atoms with Gasteiger partial charge in [0.15, 0.2) is 5.82 Å². The summed E-state index contributed by atoms with van der Waals surface area (Å²) in [6.45, 7) is 8.20. The molecule has 1 aromatic heterocycles. The third kappa shape index (κ3) is 1.92. The standard InChI is InChI=1S/C13H20N4O/c1-3-18-13-7-15-6-12(16-13)17-8-10-4-14-5-11(10)9(17)2/h6-7,9-11,14H,3-5,8H2,1-2H3. The zero-order valence-electron chi connectivity index (χ0n) is 11.0. The molecule has 3 heterocycles. The molecule has 18 heavy (non-hydrogen) atoms. The second-order valence-electron chi connectivity index (χ2n) is 5.12. The van der Waals surface area contributed by atoms with Gasteiger partial charge in [-0.1, -0.05) is 0 Å². The van der Waals surface area contributed by atoms with Crippen LogP contribution in [0.4, 0.5) is 5.82 Å². The fourth-order valence-corrected chi connectivity index (χ4v) is 3.16. The van der Waals surface area contributed by atoms with E-state index in [0.29, 0.717) is 18.5 Å². The molecule has 5 nitrogen and oxygen atoms in total. The molecule has 3 atom stereocenters. The maximum Gasteiger partial charge on any atom is 0.234 e. The van der Waals surface area contributed by atoms with Crippen LogP contribution in [0.25, 0.3) is 0 Å². The molecule has 0 amide bonds. The van der Waals surface area contributed by atoms with Gasteiger partial charge in [-0.25, -0.2) is 0 Å². The average Bonchev–Trinajstić information content (AvgIpc) is 2.94. The molecule has 2 saturated heterocycles. The zero-order valence-corrected chi connectivity index (χ0v) is 11.0. The van der Waals surface area contributed by atoms with Crippen molar-refractivity contribution in [1.82, 2.24) is 15.3 Å².